The van der Waals surface area contributed by atoms with Gasteiger partial charge in [0.25, 0.3) is 0 Å². The number of nitrogens with zero attached hydrogens (tertiary/aromatic N) is 2. The largest absolute Gasteiger partial charge is 0.390 e. The summed E-state index contributed by atoms with van der Waals surface area (Å²) < 4.78 is 0. The Hall–Kier alpha value is -0.650. The van der Waals surface area contributed by atoms with Crippen molar-refractivity contribution in [1.29, 1.82) is 0 Å². The third-order valence-corrected chi connectivity index (χ3v) is 4.94. The molecule has 0 aromatic rings. The van der Waals surface area contributed by atoms with Crippen LogP contribution in [0.15, 0.2) is 0 Å². The Bertz CT molecular complexity index is 329. The minimum absolute atomic E-state index is 0.0896. The molecule has 2 saturated heterocycles. The molecule has 2 heterocycles. The number of hydrogen-bond acceptors (Lipinski definition) is 4. The Morgan fingerprint density at radius 1 is 1.19 bits per heavy atom. The van der Waals surface area contributed by atoms with Crippen LogP contribution in [0.1, 0.15) is 32.6 Å². The van der Waals surface area contributed by atoms with Crippen molar-refractivity contribution >= 4 is 5.91 Å². The van der Waals surface area contributed by atoms with Gasteiger partial charge in [-0.3, -0.25) is 9.69 Å². The fourth-order valence-electron chi connectivity index (χ4n) is 3.54. The van der Waals surface area contributed by atoms with Gasteiger partial charge in [0, 0.05) is 26.7 Å². The Morgan fingerprint density at radius 3 is 2.52 bits per heavy atom. The van der Waals surface area contributed by atoms with Crippen LogP contribution in [-0.4, -0.2) is 73.2 Å². The number of aliphatic hydroxyl groups is 1. The predicted octanol–water partition coefficient (Wildman–Crippen LogP) is 0.537. The molecule has 0 radical (unpaired) electrons. The third-order valence-electron chi connectivity index (χ3n) is 4.94. The molecule has 2 atom stereocenters. The van der Waals surface area contributed by atoms with Gasteiger partial charge in [-0.1, -0.05) is 6.92 Å². The maximum Gasteiger partial charge on any atom is 0.224 e. The van der Waals surface area contributed by atoms with E-state index in [0.29, 0.717) is 6.54 Å². The molecular weight excluding hydrogens is 266 g/mol. The lowest BCUT2D eigenvalue weighted by Gasteiger charge is -2.35. The van der Waals surface area contributed by atoms with E-state index in [1.807, 2.05) is 0 Å². The Balaban J connectivity index is 1.71. The second-order valence-electron chi connectivity index (χ2n) is 6.85. The van der Waals surface area contributed by atoms with Crippen LogP contribution in [0.5, 0.6) is 0 Å². The van der Waals surface area contributed by atoms with Gasteiger partial charge in [0.1, 0.15) is 0 Å². The molecular formula is C16H31N3O2. The lowest BCUT2D eigenvalue weighted by molar-refractivity contribution is -0.126. The predicted molar refractivity (Wildman–Crippen MR) is 84.1 cm³/mol. The van der Waals surface area contributed by atoms with E-state index in [4.69, 9.17) is 0 Å². The number of carbonyl (C=O) groups excluding carboxylic acids is 1. The highest BCUT2D eigenvalue weighted by Crippen LogP contribution is 2.18. The SMILES string of the molecule is CNC(=O)C1CCCN(CC(O)CN2CCC(C)CC2)C1. The molecule has 0 bridgehead atoms. The van der Waals surface area contributed by atoms with E-state index in [1.165, 1.54) is 12.8 Å². The number of β-amino-alcohol motifs (C(OH)–C–C–N with tert-alkyl or cyclic N) is 1. The normalized spacial score (nSPS) is 27.5. The molecule has 2 aliphatic heterocycles. The lowest BCUT2D eigenvalue weighted by Crippen LogP contribution is -2.47. The molecule has 5 heteroatoms. The number of likely N-dealkylation sites (tertiary alicyclic amines) is 2. The molecule has 122 valence electrons. The first-order valence-corrected chi connectivity index (χ1v) is 8.43. The van der Waals surface area contributed by atoms with Crippen molar-refractivity contribution in [3.05, 3.63) is 0 Å². The average molecular weight is 297 g/mol. The van der Waals surface area contributed by atoms with Crippen LogP contribution in [0, 0.1) is 11.8 Å². The van der Waals surface area contributed by atoms with Crippen LogP contribution in [0.25, 0.3) is 0 Å². The maximum atomic E-state index is 11.7. The highest BCUT2D eigenvalue weighted by Gasteiger charge is 2.27. The van der Waals surface area contributed by atoms with Gasteiger partial charge in [-0.25, -0.2) is 0 Å². The number of nitrogens with one attached hydrogen (secondary N) is 1. The van der Waals surface area contributed by atoms with Crippen LogP contribution < -0.4 is 5.32 Å². The average Bonchev–Trinajstić information content (AvgIpc) is 2.49. The number of aliphatic hydroxyl groups excluding tert-OH is 1. The van der Waals surface area contributed by atoms with Crippen molar-refractivity contribution in [3.8, 4) is 0 Å². The minimum Gasteiger partial charge on any atom is -0.390 e. The van der Waals surface area contributed by atoms with E-state index in [0.717, 1.165) is 51.5 Å². The molecule has 0 aliphatic carbocycles. The summed E-state index contributed by atoms with van der Waals surface area (Å²) in [4.78, 5) is 16.4. The zero-order valence-corrected chi connectivity index (χ0v) is 13.6. The summed E-state index contributed by atoms with van der Waals surface area (Å²) in [5.41, 5.74) is 0. The van der Waals surface area contributed by atoms with Gasteiger partial charge in [-0.15, -0.1) is 0 Å². The second-order valence-corrected chi connectivity index (χ2v) is 6.85. The summed E-state index contributed by atoms with van der Waals surface area (Å²) >= 11 is 0. The summed E-state index contributed by atoms with van der Waals surface area (Å²) in [6, 6.07) is 0. The van der Waals surface area contributed by atoms with Crippen molar-refractivity contribution in [1.82, 2.24) is 15.1 Å². The van der Waals surface area contributed by atoms with Gasteiger partial charge in [-0.2, -0.15) is 0 Å². The second kappa shape index (κ2) is 8.11. The van der Waals surface area contributed by atoms with Gasteiger partial charge < -0.3 is 15.3 Å². The number of piperidine rings is 2. The molecule has 5 nitrogen and oxygen atoms in total. The van der Waals surface area contributed by atoms with Gasteiger partial charge in [0.2, 0.25) is 5.91 Å². The molecule has 21 heavy (non-hydrogen) atoms. The molecule has 0 aromatic carbocycles. The highest BCUT2D eigenvalue weighted by atomic mass is 16.3. The van der Waals surface area contributed by atoms with Gasteiger partial charge in [-0.05, 0) is 51.2 Å². The lowest BCUT2D eigenvalue weighted by atomic mass is 9.96. The van der Waals surface area contributed by atoms with E-state index in [-0.39, 0.29) is 17.9 Å². The molecule has 0 spiro atoms. The molecule has 2 N–H and O–H groups in total. The van der Waals surface area contributed by atoms with Crippen LogP contribution in [-0.2, 0) is 4.79 Å². The van der Waals surface area contributed by atoms with Gasteiger partial charge in [0.15, 0.2) is 0 Å². The molecule has 2 fully saturated rings. The third kappa shape index (κ3) is 5.24. The Morgan fingerprint density at radius 2 is 1.86 bits per heavy atom. The quantitative estimate of drug-likeness (QED) is 0.777. The van der Waals surface area contributed by atoms with E-state index in [9.17, 15) is 9.90 Å². The number of carbonyl (C=O) groups is 1. The van der Waals surface area contributed by atoms with Crippen molar-refractivity contribution < 1.29 is 9.90 Å². The fraction of sp³-hybridized carbons (Fsp3) is 0.938. The van der Waals surface area contributed by atoms with Gasteiger partial charge >= 0.3 is 0 Å². The number of rotatable bonds is 5. The van der Waals surface area contributed by atoms with E-state index in [2.05, 4.69) is 22.0 Å². The highest BCUT2D eigenvalue weighted by molar-refractivity contribution is 5.78. The number of hydrogen-bond donors (Lipinski definition) is 2. The fourth-order valence-corrected chi connectivity index (χ4v) is 3.54. The molecule has 2 rings (SSSR count). The Kier molecular flexibility index (Phi) is 6.45. The summed E-state index contributed by atoms with van der Waals surface area (Å²) in [5.74, 6) is 1.06. The maximum absolute atomic E-state index is 11.7. The minimum atomic E-state index is -0.304. The molecule has 0 saturated carbocycles. The first-order chi connectivity index (χ1) is 10.1. The van der Waals surface area contributed by atoms with Crippen molar-refractivity contribution in [2.45, 2.75) is 38.7 Å². The summed E-state index contributed by atoms with van der Waals surface area (Å²) in [6.45, 7) is 7.78. The smallest absolute Gasteiger partial charge is 0.224 e. The van der Waals surface area contributed by atoms with Crippen molar-refractivity contribution in [2.75, 3.05) is 46.3 Å². The van der Waals surface area contributed by atoms with Crippen molar-refractivity contribution in [2.24, 2.45) is 11.8 Å². The van der Waals surface area contributed by atoms with Crippen LogP contribution >= 0.6 is 0 Å². The van der Waals surface area contributed by atoms with E-state index < -0.39 is 0 Å². The van der Waals surface area contributed by atoms with E-state index >= 15 is 0 Å². The van der Waals surface area contributed by atoms with Crippen LogP contribution in [0.4, 0.5) is 0 Å². The summed E-state index contributed by atoms with van der Waals surface area (Å²) in [6.07, 6.45) is 4.20. The van der Waals surface area contributed by atoms with Crippen LogP contribution in [0.2, 0.25) is 0 Å². The zero-order valence-electron chi connectivity index (χ0n) is 13.6. The number of amides is 1. The topological polar surface area (TPSA) is 55.8 Å². The monoisotopic (exact) mass is 297 g/mol. The molecule has 1 amide bonds. The standard InChI is InChI=1S/C16H31N3O2/c1-13-5-8-18(9-6-13)11-15(20)12-19-7-3-4-14(10-19)16(21)17-2/h13-15,20H,3-12H2,1-2H3,(H,17,21). The van der Waals surface area contributed by atoms with Crippen LogP contribution in [0.3, 0.4) is 0 Å². The molecule has 2 unspecified atom stereocenters. The summed E-state index contributed by atoms with van der Waals surface area (Å²) in [5, 5.41) is 13.1. The molecule has 2 aliphatic rings. The summed E-state index contributed by atoms with van der Waals surface area (Å²) in [7, 11) is 1.70. The Labute approximate surface area is 128 Å². The molecule has 0 aromatic heterocycles. The van der Waals surface area contributed by atoms with E-state index in [1.54, 1.807) is 7.05 Å². The first kappa shape index (κ1) is 16.7. The van der Waals surface area contributed by atoms with Crippen molar-refractivity contribution in [3.63, 3.8) is 0 Å². The van der Waals surface area contributed by atoms with Gasteiger partial charge in [0.05, 0.1) is 12.0 Å². The zero-order chi connectivity index (χ0) is 15.2. The first-order valence-electron chi connectivity index (χ1n) is 8.43.